The number of rotatable bonds is 12. The molecule has 0 atom stereocenters. The van der Waals surface area contributed by atoms with Crippen LogP contribution in [0.15, 0.2) is 261 Å². The molecule has 8 aromatic carbocycles. The van der Waals surface area contributed by atoms with E-state index in [1.807, 2.05) is 36.4 Å². The van der Waals surface area contributed by atoms with E-state index in [1.165, 1.54) is 0 Å². The minimum absolute atomic E-state index is 0.757. The zero-order valence-corrected chi connectivity index (χ0v) is 56.0. The second-order valence-corrected chi connectivity index (χ2v) is 25.4. The Morgan fingerprint density at radius 1 is 0.206 bits per heavy atom. The van der Waals surface area contributed by atoms with Gasteiger partial charge in [-0.2, -0.15) is 0 Å². The van der Waals surface area contributed by atoms with Crippen LogP contribution in [-0.4, -0.2) is 61.2 Å². The first-order valence-corrected chi connectivity index (χ1v) is 34.0. The molecule has 0 radical (unpaired) electrons. The van der Waals surface area contributed by atoms with Crippen LogP contribution < -0.4 is 14.2 Å². The molecule has 0 fully saturated rings. The van der Waals surface area contributed by atoms with Crippen molar-refractivity contribution < 1.29 is 14.2 Å². The molecule has 4 aliphatic heterocycles. The lowest BCUT2D eigenvalue weighted by atomic mass is 9.96. The van der Waals surface area contributed by atoms with Gasteiger partial charge in [-0.25, -0.2) is 19.9 Å². The zero-order valence-electron chi connectivity index (χ0n) is 56.0. The predicted molar refractivity (Wildman–Crippen MR) is 420 cm³/mol. The van der Waals surface area contributed by atoms with Crippen molar-refractivity contribution >= 4 is 92.7 Å². The highest BCUT2D eigenvalue weighted by Gasteiger charge is 2.24. The maximum absolute atomic E-state index is 5.71. The number of hydrogen-bond donors (Lipinski definition) is 4. The molecule has 11 heteroatoms. The number of benzene rings is 8. The molecule has 6 aromatic heterocycles. The van der Waals surface area contributed by atoms with Gasteiger partial charge in [0.25, 0.3) is 0 Å². The Kier molecular flexibility index (Phi) is 15.3. The fraction of sp³-hybridized carbons (Fsp3) is 0.0330. The van der Waals surface area contributed by atoms with Crippen molar-refractivity contribution in [1.82, 2.24) is 39.9 Å². The third-order valence-electron chi connectivity index (χ3n) is 19.5. The summed E-state index contributed by atoms with van der Waals surface area (Å²) in [6.07, 6.45) is 17.1. The molecular weight excluding hydrogens is 1250 g/mol. The molecule has 0 saturated carbocycles. The van der Waals surface area contributed by atoms with E-state index in [0.29, 0.717) is 0 Å². The highest BCUT2D eigenvalue weighted by molar-refractivity contribution is 6.06. The first kappa shape index (κ1) is 60.7. The molecule has 18 rings (SSSR count). The summed E-state index contributed by atoms with van der Waals surface area (Å²) >= 11 is 0. The Morgan fingerprint density at radius 3 is 0.686 bits per heavy atom. The number of hydrogen-bond acceptors (Lipinski definition) is 7. The number of nitrogens with zero attached hydrogens (tertiary/aromatic N) is 4. The summed E-state index contributed by atoms with van der Waals surface area (Å²) in [4.78, 5) is 38.4. The molecule has 0 amide bonds. The Hall–Kier alpha value is -13.6. The highest BCUT2D eigenvalue weighted by Crippen LogP contribution is 2.45. The molecule has 14 aromatic rings. The standard InChI is InChI=1S/C91H64N8O3/c1-100-64-34-28-61(29-35-64)86-74-44-42-72(93-74)85(73-43-45-75(94-73)87(62-30-36-65(101-2)37-31-62)77-47-49-79(96-77)88(78-48-46-76(86)95-78)63-32-38-66(102-3)39-33-63)60-26-24-55(25-27-60)67-54-82-89(58-20-12-6-13-21-58)80-51-50-70(97-80)83(56-16-8-4-9-17-56)68-40-41-69(92-68)84(57-18-10-5-11-19-57)71-52-53-81(98-71)90(91(67)99-82)59-22-14-7-15-23-59/h4-54,92-93,96,99H,1-3H3. The van der Waals surface area contributed by atoms with Crippen LogP contribution in [0.2, 0.25) is 0 Å². The largest absolute Gasteiger partial charge is 0.497 e. The molecule has 4 aliphatic rings. The van der Waals surface area contributed by atoms with Crippen LogP contribution in [0.4, 0.5) is 0 Å². The summed E-state index contributed by atoms with van der Waals surface area (Å²) in [7, 11) is 5.07. The van der Waals surface area contributed by atoms with Gasteiger partial charge >= 0.3 is 0 Å². The molecule has 10 heterocycles. The van der Waals surface area contributed by atoms with Crippen LogP contribution in [0.1, 0.15) is 45.6 Å². The van der Waals surface area contributed by atoms with E-state index in [1.54, 1.807) is 21.3 Å². The van der Waals surface area contributed by atoms with Gasteiger partial charge in [0.2, 0.25) is 0 Å². The molecule has 0 unspecified atom stereocenters. The van der Waals surface area contributed by atoms with E-state index in [2.05, 4.69) is 293 Å². The number of nitrogens with one attached hydrogen (secondary N) is 4. The van der Waals surface area contributed by atoms with Gasteiger partial charge in [0, 0.05) is 88.7 Å². The van der Waals surface area contributed by atoms with Gasteiger partial charge < -0.3 is 34.1 Å². The molecular formula is C91H64N8O3. The highest BCUT2D eigenvalue weighted by atomic mass is 16.5. The van der Waals surface area contributed by atoms with Crippen molar-refractivity contribution in [3.8, 4) is 117 Å². The van der Waals surface area contributed by atoms with E-state index in [-0.39, 0.29) is 0 Å². The Labute approximate surface area is 588 Å². The first-order chi connectivity index (χ1) is 50.4. The summed E-state index contributed by atoms with van der Waals surface area (Å²) in [5, 5.41) is 0. The van der Waals surface area contributed by atoms with Crippen LogP contribution >= 0.6 is 0 Å². The van der Waals surface area contributed by atoms with Crippen molar-refractivity contribution in [2.75, 3.05) is 21.3 Å². The van der Waals surface area contributed by atoms with Crippen molar-refractivity contribution in [2.24, 2.45) is 0 Å². The Morgan fingerprint density at radius 2 is 0.422 bits per heavy atom. The lowest BCUT2D eigenvalue weighted by Gasteiger charge is -2.09. The maximum atomic E-state index is 5.71. The number of methoxy groups -OCH3 is 3. The fourth-order valence-electron chi connectivity index (χ4n) is 14.7. The van der Waals surface area contributed by atoms with Gasteiger partial charge in [-0.15, -0.1) is 0 Å². The van der Waals surface area contributed by atoms with Gasteiger partial charge in [-0.05, 0) is 178 Å². The maximum Gasteiger partial charge on any atom is 0.118 e. The van der Waals surface area contributed by atoms with Crippen LogP contribution in [0.3, 0.4) is 0 Å². The first-order valence-electron chi connectivity index (χ1n) is 34.0. The summed E-state index contributed by atoms with van der Waals surface area (Å²) in [6, 6.07) is 91.0. The van der Waals surface area contributed by atoms with Crippen molar-refractivity contribution in [2.45, 2.75) is 0 Å². The van der Waals surface area contributed by atoms with Gasteiger partial charge in [-0.3, -0.25) is 0 Å². The minimum atomic E-state index is 0.757. The lowest BCUT2D eigenvalue weighted by Crippen LogP contribution is -1.91. The number of H-pyrrole nitrogens is 4. The average Bonchev–Trinajstić information content (AvgIpc) is 1.16. The minimum Gasteiger partial charge on any atom is -0.497 e. The van der Waals surface area contributed by atoms with E-state index >= 15 is 0 Å². The SMILES string of the molecule is COc1ccc(-c2c3nc(c(-c4ccc(OC)cc4)c4ccc([nH]4)c(-c4ccc(-c5cc6[nH]c5c(-c5ccccc5)c5nc(c(-c7ccccc7)c7ccc([nH]7)c(-c7ccccc7)c7nc(c6-c6ccccc6)C=C7)C=C5)cc4)c4nc(c(-c5ccc(OC)cc5)c5ccc2[nH]5)C=C4)C=C3)cc1. The fourth-order valence-corrected chi connectivity index (χ4v) is 14.7. The van der Waals surface area contributed by atoms with Gasteiger partial charge in [0.15, 0.2) is 0 Å². The number of ether oxygens (including phenoxy) is 3. The normalized spacial score (nSPS) is 12.1. The van der Waals surface area contributed by atoms with E-state index in [4.69, 9.17) is 34.1 Å². The third-order valence-corrected chi connectivity index (χ3v) is 19.5. The second kappa shape index (κ2) is 25.7. The van der Waals surface area contributed by atoms with Crippen LogP contribution in [0, 0.1) is 0 Å². The topological polar surface area (TPSA) is 142 Å². The van der Waals surface area contributed by atoms with Crippen LogP contribution in [0.25, 0.3) is 193 Å². The van der Waals surface area contributed by atoms with E-state index < -0.39 is 0 Å². The molecule has 0 aliphatic carbocycles. The quantitative estimate of drug-likeness (QED) is 0.0954. The summed E-state index contributed by atoms with van der Waals surface area (Å²) in [6.45, 7) is 0. The number of aromatic amines is 4. The Bertz CT molecular complexity index is 6080. The summed E-state index contributed by atoms with van der Waals surface area (Å²) < 4.78 is 17.1. The van der Waals surface area contributed by atoms with Crippen molar-refractivity contribution in [3.63, 3.8) is 0 Å². The third kappa shape index (κ3) is 11.0. The molecule has 16 bridgehead atoms. The monoisotopic (exact) mass is 1320 g/mol. The second-order valence-electron chi connectivity index (χ2n) is 25.4. The summed E-state index contributed by atoms with van der Waals surface area (Å²) in [5.41, 5.74) is 31.2. The van der Waals surface area contributed by atoms with Crippen LogP contribution in [0.5, 0.6) is 17.2 Å². The predicted octanol–water partition coefficient (Wildman–Crippen LogP) is 22.7. The molecule has 0 saturated heterocycles. The van der Waals surface area contributed by atoms with Crippen LogP contribution in [-0.2, 0) is 0 Å². The average molecular weight is 1320 g/mol. The summed E-state index contributed by atoms with van der Waals surface area (Å²) in [5.74, 6) is 2.28. The molecule has 11 nitrogen and oxygen atoms in total. The molecule has 4 N–H and O–H groups in total. The van der Waals surface area contributed by atoms with Crippen molar-refractivity contribution in [3.05, 3.63) is 306 Å². The Balaban J connectivity index is 0.914. The van der Waals surface area contributed by atoms with Gasteiger partial charge in [-0.1, -0.05) is 182 Å². The van der Waals surface area contributed by atoms with Gasteiger partial charge in [0.1, 0.15) is 17.2 Å². The van der Waals surface area contributed by atoms with Gasteiger partial charge in [0.05, 0.1) is 72.4 Å². The molecule has 102 heavy (non-hydrogen) atoms. The number of fused-ring (bicyclic) bond motifs is 16. The van der Waals surface area contributed by atoms with E-state index in [0.717, 1.165) is 207 Å². The zero-order chi connectivity index (χ0) is 68.2. The molecule has 486 valence electrons. The lowest BCUT2D eigenvalue weighted by molar-refractivity contribution is 0.415. The van der Waals surface area contributed by atoms with Crippen molar-refractivity contribution in [1.29, 1.82) is 0 Å². The van der Waals surface area contributed by atoms with E-state index in [9.17, 15) is 0 Å². The smallest absolute Gasteiger partial charge is 0.118 e. The number of aromatic nitrogens is 8. The molecule has 0 spiro atoms.